The molecule has 5 nitrogen and oxygen atoms in total. The highest BCUT2D eigenvalue weighted by Gasteiger charge is 2.18. The maximum atomic E-state index is 11.8. The van der Waals surface area contributed by atoms with Crippen LogP contribution < -0.4 is 10.6 Å². The van der Waals surface area contributed by atoms with Crippen LogP contribution in [0.2, 0.25) is 0 Å². The number of amides is 2. The van der Waals surface area contributed by atoms with E-state index >= 15 is 0 Å². The topological polar surface area (TPSA) is 67.4 Å². The molecule has 0 aromatic heterocycles. The van der Waals surface area contributed by atoms with Crippen LogP contribution in [0.5, 0.6) is 0 Å². The van der Waals surface area contributed by atoms with Gasteiger partial charge in [0.1, 0.15) is 0 Å². The first-order valence-electron chi connectivity index (χ1n) is 6.92. The molecular formula is C15H22N2O3. The van der Waals surface area contributed by atoms with E-state index in [0.29, 0.717) is 13.2 Å². The van der Waals surface area contributed by atoms with E-state index in [9.17, 15) is 9.59 Å². The zero-order chi connectivity index (χ0) is 14.8. The van der Waals surface area contributed by atoms with E-state index in [0.717, 1.165) is 12.0 Å². The predicted molar refractivity (Wildman–Crippen MR) is 77.3 cm³/mol. The van der Waals surface area contributed by atoms with Crippen LogP contribution in [-0.4, -0.2) is 25.2 Å². The summed E-state index contributed by atoms with van der Waals surface area (Å²) < 4.78 is 4.87. The van der Waals surface area contributed by atoms with E-state index in [1.165, 1.54) is 0 Å². The number of benzene rings is 1. The van der Waals surface area contributed by atoms with Gasteiger partial charge in [-0.25, -0.2) is 4.79 Å². The Kier molecular flexibility index (Phi) is 7.17. The Balaban J connectivity index is 2.69. The maximum Gasteiger partial charge on any atom is 0.407 e. The monoisotopic (exact) mass is 278 g/mol. The van der Waals surface area contributed by atoms with Crippen LogP contribution in [-0.2, 0) is 9.53 Å². The first kappa shape index (κ1) is 16.0. The van der Waals surface area contributed by atoms with Crippen molar-refractivity contribution in [3.8, 4) is 0 Å². The van der Waals surface area contributed by atoms with E-state index in [2.05, 4.69) is 10.6 Å². The first-order valence-corrected chi connectivity index (χ1v) is 6.92. The Morgan fingerprint density at radius 2 is 1.90 bits per heavy atom. The largest absolute Gasteiger partial charge is 0.450 e. The van der Waals surface area contributed by atoms with Crippen molar-refractivity contribution in [1.82, 2.24) is 10.6 Å². The summed E-state index contributed by atoms with van der Waals surface area (Å²) in [6.45, 7) is 4.67. The molecule has 1 unspecified atom stereocenters. The minimum atomic E-state index is -0.510. The minimum Gasteiger partial charge on any atom is -0.450 e. The summed E-state index contributed by atoms with van der Waals surface area (Å²) in [6.07, 6.45) is 0.570. The fourth-order valence-corrected chi connectivity index (χ4v) is 1.77. The average molecular weight is 278 g/mol. The molecule has 0 saturated heterocycles. The summed E-state index contributed by atoms with van der Waals surface area (Å²) in [4.78, 5) is 23.4. The van der Waals surface area contributed by atoms with Gasteiger partial charge in [-0.2, -0.15) is 0 Å². The molecule has 1 aromatic rings. The van der Waals surface area contributed by atoms with E-state index in [1.807, 2.05) is 37.3 Å². The molecule has 20 heavy (non-hydrogen) atoms. The Morgan fingerprint density at radius 1 is 1.20 bits per heavy atom. The molecule has 0 bridgehead atoms. The van der Waals surface area contributed by atoms with Gasteiger partial charge >= 0.3 is 6.09 Å². The van der Waals surface area contributed by atoms with Gasteiger partial charge in [-0.3, -0.25) is 4.79 Å². The molecule has 1 rings (SSSR count). The molecule has 110 valence electrons. The Hall–Kier alpha value is -2.04. The second kappa shape index (κ2) is 8.96. The minimum absolute atomic E-state index is 0.0856. The van der Waals surface area contributed by atoms with Crippen molar-refractivity contribution in [1.29, 1.82) is 0 Å². The van der Waals surface area contributed by atoms with Gasteiger partial charge in [0.25, 0.3) is 0 Å². The van der Waals surface area contributed by atoms with Crippen LogP contribution in [0, 0.1) is 0 Å². The van der Waals surface area contributed by atoms with Gasteiger partial charge in [0.2, 0.25) is 5.91 Å². The molecule has 0 fully saturated rings. The summed E-state index contributed by atoms with van der Waals surface area (Å²) >= 11 is 0. The zero-order valence-corrected chi connectivity index (χ0v) is 12.0. The summed E-state index contributed by atoms with van der Waals surface area (Å²) in [5.74, 6) is -0.0856. The normalized spacial score (nSPS) is 11.5. The summed E-state index contributed by atoms with van der Waals surface area (Å²) in [5.41, 5.74) is 0.882. The molecule has 0 aliphatic rings. The van der Waals surface area contributed by atoms with Crippen molar-refractivity contribution in [2.75, 3.05) is 13.2 Å². The second-order valence-corrected chi connectivity index (χ2v) is 4.38. The number of ether oxygens (including phenoxy) is 1. The van der Waals surface area contributed by atoms with Gasteiger partial charge in [0, 0.05) is 6.54 Å². The fraction of sp³-hybridized carbons (Fsp3) is 0.467. The van der Waals surface area contributed by atoms with Crippen molar-refractivity contribution in [2.45, 2.75) is 32.7 Å². The lowest BCUT2D eigenvalue weighted by Crippen LogP contribution is -2.34. The summed E-state index contributed by atoms with van der Waals surface area (Å²) in [7, 11) is 0. The number of carbonyl (C=O) groups is 2. The molecule has 0 radical (unpaired) electrons. The van der Waals surface area contributed by atoms with Crippen molar-refractivity contribution < 1.29 is 14.3 Å². The molecule has 1 atom stereocenters. The number of hydrogen-bond acceptors (Lipinski definition) is 3. The number of carbonyl (C=O) groups excluding carboxylic acids is 2. The van der Waals surface area contributed by atoms with Crippen LogP contribution in [0.15, 0.2) is 30.3 Å². The quantitative estimate of drug-likeness (QED) is 0.804. The summed E-state index contributed by atoms with van der Waals surface area (Å²) in [5, 5.41) is 5.53. The van der Waals surface area contributed by atoms with Crippen LogP contribution >= 0.6 is 0 Å². The zero-order valence-electron chi connectivity index (χ0n) is 12.0. The molecule has 2 amide bonds. The van der Waals surface area contributed by atoms with Gasteiger partial charge in [-0.05, 0) is 18.9 Å². The molecule has 5 heteroatoms. The number of rotatable bonds is 7. The predicted octanol–water partition coefficient (Wildman–Crippen LogP) is 2.39. The number of nitrogens with one attached hydrogen (secondary N) is 2. The molecule has 0 aliphatic carbocycles. The molecule has 1 aromatic carbocycles. The Morgan fingerprint density at radius 3 is 2.50 bits per heavy atom. The van der Waals surface area contributed by atoms with Gasteiger partial charge in [0.05, 0.1) is 19.1 Å². The average Bonchev–Trinajstić information content (AvgIpc) is 2.45. The van der Waals surface area contributed by atoms with Crippen LogP contribution in [0.3, 0.4) is 0 Å². The maximum absolute atomic E-state index is 11.8. The third-order valence-electron chi connectivity index (χ3n) is 2.73. The van der Waals surface area contributed by atoms with Crippen LogP contribution in [0.1, 0.15) is 38.3 Å². The van der Waals surface area contributed by atoms with Gasteiger partial charge in [-0.15, -0.1) is 0 Å². The Labute approximate surface area is 119 Å². The second-order valence-electron chi connectivity index (χ2n) is 4.38. The van der Waals surface area contributed by atoms with Gasteiger partial charge in [0.15, 0.2) is 0 Å². The highest BCUT2D eigenvalue weighted by atomic mass is 16.5. The third kappa shape index (κ3) is 5.73. The van der Waals surface area contributed by atoms with E-state index < -0.39 is 6.09 Å². The van der Waals surface area contributed by atoms with Crippen molar-refractivity contribution in [3.05, 3.63) is 35.9 Å². The van der Waals surface area contributed by atoms with Gasteiger partial charge in [-0.1, -0.05) is 37.3 Å². The smallest absolute Gasteiger partial charge is 0.407 e. The molecule has 0 aliphatic heterocycles. The van der Waals surface area contributed by atoms with Gasteiger partial charge < -0.3 is 15.4 Å². The van der Waals surface area contributed by atoms with Crippen molar-refractivity contribution >= 4 is 12.0 Å². The number of hydrogen-bond donors (Lipinski definition) is 2. The molecule has 0 heterocycles. The molecule has 0 saturated carbocycles. The summed E-state index contributed by atoms with van der Waals surface area (Å²) in [6, 6.07) is 9.01. The molecule has 2 N–H and O–H groups in total. The van der Waals surface area contributed by atoms with Crippen molar-refractivity contribution in [3.63, 3.8) is 0 Å². The first-order chi connectivity index (χ1) is 9.67. The Bertz CT molecular complexity index is 420. The lowest BCUT2D eigenvalue weighted by atomic mass is 10.0. The molecule has 0 spiro atoms. The van der Waals surface area contributed by atoms with E-state index in [1.54, 1.807) is 6.92 Å². The van der Waals surface area contributed by atoms with Crippen molar-refractivity contribution in [2.24, 2.45) is 0 Å². The highest BCUT2D eigenvalue weighted by Crippen LogP contribution is 2.16. The third-order valence-corrected chi connectivity index (χ3v) is 2.73. The standard InChI is InChI=1S/C15H22N2O3/c1-3-10-16-14(18)11-13(17-15(19)20-4-2)12-8-6-5-7-9-12/h5-9,13H,3-4,10-11H2,1-2H3,(H,16,18)(H,17,19). The highest BCUT2D eigenvalue weighted by molar-refractivity contribution is 5.78. The fourth-order valence-electron chi connectivity index (χ4n) is 1.77. The number of alkyl carbamates (subject to hydrolysis) is 1. The van der Waals surface area contributed by atoms with E-state index in [4.69, 9.17) is 4.74 Å². The lowest BCUT2D eigenvalue weighted by molar-refractivity contribution is -0.121. The lowest BCUT2D eigenvalue weighted by Gasteiger charge is -2.18. The molecular weight excluding hydrogens is 256 g/mol. The SMILES string of the molecule is CCCNC(=O)CC(NC(=O)OCC)c1ccccc1. The van der Waals surface area contributed by atoms with Crippen LogP contribution in [0.4, 0.5) is 4.79 Å². The van der Waals surface area contributed by atoms with Crippen LogP contribution in [0.25, 0.3) is 0 Å². The van der Waals surface area contributed by atoms with E-state index in [-0.39, 0.29) is 18.4 Å².